The molecule has 84 valence electrons. The van der Waals surface area contributed by atoms with Crippen molar-refractivity contribution in [1.82, 2.24) is 20.1 Å². The van der Waals surface area contributed by atoms with Crippen LogP contribution >= 0.6 is 11.6 Å². The van der Waals surface area contributed by atoms with Gasteiger partial charge in [0.15, 0.2) is 0 Å². The summed E-state index contributed by atoms with van der Waals surface area (Å²) in [6, 6.07) is 7.56. The maximum Gasteiger partial charge on any atom is 0.146 e. The second kappa shape index (κ2) is 5.09. The minimum atomic E-state index is 0.697. The van der Waals surface area contributed by atoms with Crippen LogP contribution in [0.1, 0.15) is 12.7 Å². The summed E-state index contributed by atoms with van der Waals surface area (Å²) in [5.74, 6) is 0.879. The van der Waals surface area contributed by atoms with Crippen LogP contribution in [-0.4, -0.2) is 21.3 Å². The molecule has 0 spiro atoms. The van der Waals surface area contributed by atoms with Gasteiger partial charge in [0.25, 0.3) is 0 Å². The van der Waals surface area contributed by atoms with Crippen molar-refractivity contribution in [3.63, 3.8) is 0 Å². The molecule has 0 bridgehead atoms. The maximum absolute atomic E-state index is 5.94. The molecule has 0 unspecified atom stereocenters. The highest BCUT2D eigenvalue weighted by atomic mass is 35.5. The highest BCUT2D eigenvalue weighted by molar-refractivity contribution is 6.30. The largest absolute Gasteiger partial charge is 0.310 e. The lowest BCUT2D eigenvalue weighted by Crippen LogP contribution is -2.16. The van der Waals surface area contributed by atoms with Crippen LogP contribution < -0.4 is 5.32 Å². The summed E-state index contributed by atoms with van der Waals surface area (Å²) < 4.78 is 1.79. The van der Waals surface area contributed by atoms with Gasteiger partial charge in [0.1, 0.15) is 12.2 Å². The molecule has 0 atom stereocenters. The number of nitrogens with one attached hydrogen (secondary N) is 1. The average Bonchev–Trinajstić information content (AvgIpc) is 2.74. The van der Waals surface area contributed by atoms with Crippen LogP contribution in [0.25, 0.3) is 5.69 Å². The molecule has 0 saturated heterocycles. The van der Waals surface area contributed by atoms with Crippen LogP contribution in [0.5, 0.6) is 0 Å². The van der Waals surface area contributed by atoms with E-state index >= 15 is 0 Å². The van der Waals surface area contributed by atoms with Crippen LogP contribution in [0.3, 0.4) is 0 Å². The monoisotopic (exact) mass is 236 g/mol. The Morgan fingerprint density at radius 1 is 1.44 bits per heavy atom. The summed E-state index contributed by atoms with van der Waals surface area (Å²) in [6.07, 6.45) is 1.55. The maximum atomic E-state index is 5.94. The third-order valence-corrected chi connectivity index (χ3v) is 2.44. The lowest BCUT2D eigenvalue weighted by Gasteiger charge is -2.06. The molecule has 1 aromatic heterocycles. The Morgan fingerprint density at radius 2 is 2.31 bits per heavy atom. The van der Waals surface area contributed by atoms with Gasteiger partial charge >= 0.3 is 0 Å². The van der Waals surface area contributed by atoms with Crippen molar-refractivity contribution in [2.75, 3.05) is 6.54 Å². The van der Waals surface area contributed by atoms with E-state index in [1.807, 2.05) is 24.3 Å². The van der Waals surface area contributed by atoms with Crippen LogP contribution in [0.4, 0.5) is 0 Å². The fraction of sp³-hybridized carbons (Fsp3) is 0.273. The van der Waals surface area contributed by atoms with Crippen molar-refractivity contribution in [3.05, 3.63) is 41.4 Å². The van der Waals surface area contributed by atoms with E-state index in [0.717, 1.165) is 18.1 Å². The Bertz CT molecular complexity index is 467. The zero-order valence-electron chi connectivity index (χ0n) is 9.02. The number of benzene rings is 1. The van der Waals surface area contributed by atoms with Crippen molar-refractivity contribution in [2.24, 2.45) is 0 Å². The van der Waals surface area contributed by atoms with Crippen LogP contribution in [-0.2, 0) is 6.54 Å². The van der Waals surface area contributed by atoms with Crippen LogP contribution in [0.15, 0.2) is 30.6 Å². The minimum Gasteiger partial charge on any atom is -0.310 e. The zero-order chi connectivity index (χ0) is 11.4. The Hall–Kier alpha value is -1.39. The number of aromatic nitrogens is 3. The first-order valence-electron chi connectivity index (χ1n) is 5.17. The molecule has 0 amide bonds. The second-order valence-corrected chi connectivity index (χ2v) is 3.78. The predicted octanol–water partition coefficient (Wildman–Crippen LogP) is 2.03. The van der Waals surface area contributed by atoms with Crippen molar-refractivity contribution in [2.45, 2.75) is 13.5 Å². The van der Waals surface area contributed by atoms with Crippen molar-refractivity contribution in [1.29, 1.82) is 0 Å². The molecule has 0 fully saturated rings. The van der Waals surface area contributed by atoms with Gasteiger partial charge in [-0.15, -0.1) is 0 Å². The molecule has 1 heterocycles. The molecule has 5 heteroatoms. The number of hydrogen-bond acceptors (Lipinski definition) is 3. The highest BCUT2D eigenvalue weighted by Crippen LogP contribution is 2.14. The normalized spacial score (nSPS) is 10.6. The van der Waals surface area contributed by atoms with Gasteiger partial charge in [-0.2, -0.15) is 5.10 Å². The minimum absolute atomic E-state index is 0.697. The molecular weight excluding hydrogens is 224 g/mol. The molecule has 0 radical (unpaired) electrons. The summed E-state index contributed by atoms with van der Waals surface area (Å²) in [4.78, 5) is 4.21. The first-order chi connectivity index (χ1) is 7.81. The highest BCUT2D eigenvalue weighted by Gasteiger charge is 2.05. The van der Waals surface area contributed by atoms with Gasteiger partial charge in [-0.05, 0) is 24.7 Å². The van der Waals surface area contributed by atoms with Crippen molar-refractivity contribution >= 4 is 11.6 Å². The van der Waals surface area contributed by atoms with Crippen molar-refractivity contribution < 1.29 is 0 Å². The summed E-state index contributed by atoms with van der Waals surface area (Å²) >= 11 is 5.94. The van der Waals surface area contributed by atoms with Gasteiger partial charge in [-0.3, -0.25) is 0 Å². The number of halogens is 1. The second-order valence-electron chi connectivity index (χ2n) is 3.35. The number of nitrogens with zero attached hydrogens (tertiary/aromatic N) is 3. The van der Waals surface area contributed by atoms with E-state index in [9.17, 15) is 0 Å². The first-order valence-corrected chi connectivity index (χ1v) is 5.54. The van der Waals surface area contributed by atoms with Gasteiger partial charge < -0.3 is 5.32 Å². The molecule has 0 aliphatic carbocycles. The van der Waals surface area contributed by atoms with Gasteiger partial charge in [0.05, 0.1) is 12.2 Å². The topological polar surface area (TPSA) is 42.7 Å². The molecule has 1 N–H and O–H groups in total. The Labute approximate surface area is 99.3 Å². The Balaban J connectivity index is 2.29. The Morgan fingerprint density at radius 3 is 3.06 bits per heavy atom. The number of hydrogen-bond donors (Lipinski definition) is 1. The number of rotatable bonds is 4. The summed E-state index contributed by atoms with van der Waals surface area (Å²) in [5.41, 5.74) is 0.929. The quantitative estimate of drug-likeness (QED) is 0.884. The lowest BCUT2D eigenvalue weighted by molar-refractivity contribution is 0.664. The smallest absolute Gasteiger partial charge is 0.146 e. The SMILES string of the molecule is CCNCc1ncnn1-c1cccc(Cl)c1. The molecule has 16 heavy (non-hydrogen) atoms. The fourth-order valence-electron chi connectivity index (χ4n) is 1.45. The third kappa shape index (κ3) is 2.40. The predicted molar refractivity (Wildman–Crippen MR) is 63.7 cm³/mol. The van der Waals surface area contributed by atoms with E-state index < -0.39 is 0 Å². The summed E-state index contributed by atoms with van der Waals surface area (Å²) in [5, 5.41) is 8.10. The lowest BCUT2D eigenvalue weighted by atomic mass is 10.3. The summed E-state index contributed by atoms with van der Waals surface area (Å²) in [6.45, 7) is 3.66. The van der Waals surface area contributed by atoms with E-state index in [2.05, 4.69) is 22.3 Å². The van der Waals surface area contributed by atoms with Gasteiger partial charge in [0, 0.05) is 5.02 Å². The standard InChI is InChI=1S/C11H13ClN4/c1-2-13-7-11-14-8-15-16(11)10-5-3-4-9(12)6-10/h3-6,8,13H,2,7H2,1H3. The first kappa shape index (κ1) is 11.1. The van der Waals surface area contributed by atoms with E-state index in [1.54, 1.807) is 11.0 Å². The van der Waals surface area contributed by atoms with E-state index in [0.29, 0.717) is 11.6 Å². The molecule has 2 rings (SSSR count). The molecule has 0 aliphatic heterocycles. The summed E-state index contributed by atoms with van der Waals surface area (Å²) in [7, 11) is 0. The van der Waals surface area contributed by atoms with E-state index in [1.165, 1.54) is 0 Å². The zero-order valence-corrected chi connectivity index (χ0v) is 9.78. The van der Waals surface area contributed by atoms with E-state index in [-0.39, 0.29) is 0 Å². The molecule has 0 saturated carbocycles. The average molecular weight is 237 g/mol. The Kier molecular flexibility index (Phi) is 3.54. The van der Waals surface area contributed by atoms with Crippen LogP contribution in [0, 0.1) is 0 Å². The van der Waals surface area contributed by atoms with Crippen molar-refractivity contribution in [3.8, 4) is 5.69 Å². The molecule has 0 aliphatic rings. The molecular formula is C11H13ClN4. The van der Waals surface area contributed by atoms with Gasteiger partial charge in [-0.25, -0.2) is 9.67 Å². The fourth-order valence-corrected chi connectivity index (χ4v) is 1.63. The molecule has 2 aromatic rings. The molecule has 4 nitrogen and oxygen atoms in total. The van der Waals surface area contributed by atoms with E-state index in [4.69, 9.17) is 11.6 Å². The third-order valence-electron chi connectivity index (χ3n) is 2.20. The van der Waals surface area contributed by atoms with Crippen LogP contribution in [0.2, 0.25) is 5.02 Å². The van der Waals surface area contributed by atoms with Gasteiger partial charge in [0.2, 0.25) is 0 Å². The van der Waals surface area contributed by atoms with Gasteiger partial charge in [-0.1, -0.05) is 24.6 Å². The molecule has 1 aromatic carbocycles.